The molecule has 2 aromatic rings. The Morgan fingerprint density at radius 2 is 1.59 bits per heavy atom. The summed E-state index contributed by atoms with van der Waals surface area (Å²) < 4.78 is 5.52. The fraction of sp³-hybridized carbons (Fsp3) is 0.545. The molecule has 3 amide bonds. The number of rotatable bonds is 10. The van der Waals surface area contributed by atoms with Crippen LogP contribution in [0.25, 0.3) is 0 Å². The van der Waals surface area contributed by atoms with Crippen molar-refractivity contribution in [2.24, 2.45) is 5.92 Å². The van der Waals surface area contributed by atoms with Crippen LogP contribution in [0.2, 0.25) is 5.02 Å². The fourth-order valence-corrected chi connectivity index (χ4v) is 4.82. The summed E-state index contributed by atoms with van der Waals surface area (Å²) in [4.78, 5) is 43.5. The third kappa shape index (κ3) is 8.71. The van der Waals surface area contributed by atoms with E-state index >= 15 is 0 Å². The second kappa shape index (κ2) is 13.7. The van der Waals surface area contributed by atoms with Crippen molar-refractivity contribution in [1.29, 1.82) is 0 Å². The highest BCUT2D eigenvalue weighted by Crippen LogP contribution is 2.36. The van der Waals surface area contributed by atoms with E-state index in [0.717, 1.165) is 16.7 Å². The summed E-state index contributed by atoms with van der Waals surface area (Å²) >= 11 is 6.49. The predicted molar refractivity (Wildman–Crippen MR) is 167 cm³/mol. The Morgan fingerprint density at radius 3 is 2.10 bits per heavy atom. The first-order chi connectivity index (χ1) is 18.9. The number of halogens is 1. The van der Waals surface area contributed by atoms with Gasteiger partial charge in [0.1, 0.15) is 17.7 Å². The average molecular weight is 586 g/mol. The molecule has 2 aromatic carbocycles. The number of carbonyl (C=O) groups excluding carboxylic acids is 3. The molecule has 8 heteroatoms. The molecule has 3 atom stereocenters. The number of anilines is 1. The highest BCUT2D eigenvalue weighted by Gasteiger charge is 2.44. The molecule has 41 heavy (non-hydrogen) atoms. The van der Waals surface area contributed by atoms with E-state index in [0.29, 0.717) is 29.1 Å². The van der Waals surface area contributed by atoms with Gasteiger partial charge < -0.3 is 20.3 Å². The normalized spacial score (nSPS) is 14.0. The molecule has 0 spiro atoms. The van der Waals surface area contributed by atoms with Gasteiger partial charge in [0, 0.05) is 5.54 Å². The molecular formula is C33H48ClN3O4. The van der Waals surface area contributed by atoms with E-state index in [1.807, 2.05) is 85.7 Å². The van der Waals surface area contributed by atoms with Crippen molar-refractivity contribution in [3.63, 3.8) is 0 Å². The second-order valence-electron chi connectivity index (χ2n) is 12.6. The number of nitrogens with one attached hydrogen (secondary N) is 2. The summed E-state index contributed by atoms with van der Waals surface area (Å²) in [7, 11) is 0. The number of hydrogen-bond donors (Lipinski definition) is 2. The van der Waals surface area contributed by atoms with Crippen molar-refractivity contribution in [2.45, 2.75) is 112 Å². The van der Waals surface area contributed by atoms with Gasteiger partial charge in [-0.2, -0.15) is 0 Å². The highest BCUT2D eigenvalue weighted by molar-refractivity contribution is 6.34. The molecule has 226 valence electrons. The van der Waals surface area contributed by atoms with Crippen molar-refractivity contribution in [1.82, 2.24) is 10.2 Å². The van der Waals surface area contributed by atoms with Gasteiger partial charge in [0.25, 0.3) is 5.91 Å². The second-order valence-corrected chi connectivity index (χ2v) is 13.0. The average Bonchev–Trinajstić information content (AvgIpc) is 2.87. The van der Waals surface area contributed by atoms with E-state index in [4.69, 9.17) is 16.3 Å². The molecule has 0 heterocycles. The lowest BCUT2D eigenvalue weighted by Gasteiger charge is -2.45. The van der Waals surface area contributed by atoms with E-state index < -0.39 is 29.3 Å². The van der Waals surface area contributed by atoms with Crippen LogP contribution < -0.4 is 10.6 Å². The Labute approximate surface area is 251 Å². The number of para-hydroxylation sites is 1. The van der Waals surface area contributed by atoms with Crippen molar-refractivity contribution in [3.8, 4) is 0 Å². The van der Waals surface area contributed by atoms with Crippen LogP contribution in [0.3, 0.4) is 0 Å². The highest BCUT2D eigenvalue weighted by atomic mass is 35.5. The number of ether oxygens (including phenoxy) is 1. The van der Waals surface area contributed by atoms with E-state index in [9.17, 15) is 14.4 Å². The molecule has 3 unspecified atom stereocenters. The van der Waals surface area contributed by atoms with Gasteiger partial charge in [-0.1, -0.05) is 69.1 Å². The van der Waals surface area contributed by atoms with Gasteiger partial charge in [-0.05, 0) is 96.0 Å². The largest absolute Gasteiger partial charge is 0.444 e. The number of nitrogens with zero attached hydrogens (tertiary/aromatic N) is 1. The summed E-state index contributed by atoms with van der Waals surface area (Å²) in [5.41, 5.74) is 2.57. The third-order valence-electron chi connectivity index (χ3n) is 7.73. The standard InChI is InChI=1S/C33H48ClN3O4/c1-12-20(3)27(36-31(40)41-32(7,8)9)30(39)37(33(10,11)13-2)28(24-18-17-21(4)23(6)19-24)29(38)35-26-22(5)15-14-16-25(26)34/h14-20,27-28H,12-13H2,1-11H3,(H,35,38)(H,36,40). The van der Waals surface area contributed by atoms with Gasteiger partial charge >= 0.3 is 6.09 Å². The molecule has 7 nitrogen and oxygen atoms in total. The number of aryl methyl sites for hydroxylation is 3. The number of alkyl carbamates (subject to hydrolysis) is 1. The minimum Gasteiger partial charge on any atom is -0.444 e. The first kappa shape index (κ1) is 34.1. The molecule has 2 rings (SSSR count). The van der Waals surface area contributed by atoms with Crippen LogP contribution in [0.1, 0.15) is 96.5 Å². The van der Waals surface area contributed by atoms with Crippen LogP contribution in [0.5, 0.6) is 0 Å². The monoisotopic (exact) mass is 585 g/mol. The quantitative estimate of drug-likeness (QED) is 0.296. The molecule has 2 N–H and O–H groups in total. The maximum absolute atomic E-state index is 14.7. The molecule has 0 aromatic heterocycles. The Kier molecular flexibility index (Phi) is 11.4. The topological polar surface area (TPSA) is 87.7 Å². The molecular weight excluding hydrogens is 538 g/mol. The first-order valence-corrected chi connectivity index (χ1v) is 14.8. The lowest BCUT2D eigenvalue weighted by atomic mass is 9.88. The van der Waals surface area contributed by atoms with Gasteiger partial charge in [0.15, 0.2) is 0 Å². The molecule has 0 radical (unpaired) electrons. The molecule has 0 fully saturated rings. The Morgan fingerprint density at radius 1 is 0.951 bits per heavy atom. The van der Waals surface area contributed by atoms with Crippen LogP contribution >= 0.6 is 11.6 Å². The lowest BCUT2D eigenvalue weighted by Crippen LogP contribution is -2.60. The molecule has 0 aliphatic heterocycles. The third-order valence-corrected chi connectivity index (χ3v) is 8.04. The molecule has 0 aliphatic rings. The van der Waals surface area contributed by atoms with Crippen LogP contribution in [0.15, 0.2) is 36.4 Å². The predicted octanol–water partition coefficient (Wildman–Crippen LogP) is 7.90. The Bertz CT molecular complexity index is 1230. The van der Waals surface area contributed by atoms with Crippen LogP contribution in [0.4, 0.5) is 10.5 Å². The fourth-order valence-electron chi connectivity index (χ4n) is 4.55. The maximum Gasteiger partial charge on any atom is 0.408 e. The molecule has 0 aliphatic carbocycles. The van der Waals surface area contributed by atoms with E-state index in [2.05, 4.69) is 10.6 Å². The van der Waals surface area contributed by atoms with Gasteiger partial charge in [-0.15, -0.1) is 0 Å². The number of carbonyl (C=O) groups is 3. The van der Waals surface area contributed by atoms with Crippen LogP contribution in [-0.4, -0.2) is 40.0 Å². The van der Waals surface area contributed by atoms with E-state index in [1.165, 1.54) is 0 Å². The summed E-state index contributed by atoms with van der Waals surface area (Å²) in [5, 5.41) is 6.26. The summed E-state index contributed by atoms with van der Waals surface area (Å²) in [6.07, 6.45) is 0.522. The zero-order chi connectivity index (χ0) is 31.3. The number of amides is 3. The molecule has 0 saturated heterocycles. The lowest BCUT2D eigenvalue weighted by molar-refractivity contribution is -0.148. The Balaban J connectivity index is 2.74. The molecule has 0 bridgehead atoms. The smallest absolute Gasteiger partial charge is 0.408 e. The van der Waals surface area contributed by atoms with Gasteiger partial charge in [-0.3, -0.25) is 9.59 Å². The minimum absolute atomic E-state index is 0.223. The van der Waals surface area contributed by atoms with Crippen molar-refractivity contribution < 1.29 is 19.1 Å². The number of benzene rings is 2. The zero-order valence-electron chi connectivity index (χ0n) is 26.6. The summed E-state index contributed by atoms with van der Waals surface area (Å²) in [5.74, 6) is -0.967. The molecule has 0 saturated carbocycles. The van der Waals surface area contributed by atoms with E-state index in [-0.39, 0.29) is 17.7 Å². The van der Waals surface area contributed by atoms with Crippen LogP contribution in [0, 0.1) is 26.7 Å². The zero-order valence-corrected chi connectivity index (χ0v) is 27.3. The Hall–Kier alpha value is -3.06. The van der Waals surface area contributed by atoms with Gasteiger partial charge in [0.2, 0.25) is 5.91 Å². The number of hydrogen-bond acceptors (Lipinski definition) is 4. The van der Waals surface area contributed by atoms with Crippen molar-refractivity contribution in [2.75, 3.05) is 5.32 Å². The van der Waals surface area contributed by atoms with Crippen molar-refractivity contribution >= 4 is 35.2 Å². The SMILES string of the molecule is CCC(C)C(NC(=O)OC(C)(C)C)C(=O)N(C(C(=O)Nc1c(C)cccc1Cl)c1ccc(C)c(C)c1)C(C)(C)CC. The van der Waals surface area contributed by atoms with Crippen LogP contribution in [-0.2, 0) is 14.3 Å². The summed E-state index contributed by atoms with van der Waals surface area (Å²) in [6, 6.07) is 9.29. The van der Waals surface area contributed by atoms with E-state index in [1.54, 1.807) is 31.7 Å². The van der Waals surface area contributed by atoms with Crippen molar-refractivity contribution in [3.05, 3.63) is 63.7 Å². The first-order valence-electron chi connectivity index (χ1n) is 14.4. The maximum atomic E-state index is 14.7. The van der Waals surface area contributed by atoms with Gasteiger partial charge in [0.05, 0.1) is 10.7 Å². The summed E-state index contributed by atoms with van der Waals surface area (Å²) in [6.45, 7) is 20.9. The minimum atomic E-state index is -1.00. The van der Waals surface area contributed by atoms with Gasteiger partial charge in [-0.25, -0.2) is 4.79 Å².